The predicted octanol–water partition coefficient (Wildman–Crippen LogP) is 3.30. The van der Waals surface area contributed by atoms with Gasteiger partial charge < -0.3 is 4.90 Å². The summed E-state index contributed by atoms with van der Waals surface area (Å²) >= 11 is 11.2. The molecule has 1 aromatic heterocycles. The molecule has 1 saturated heterocycles. The molecular weight excluding hydrogens is 320 g/mol. The van der Waals surface area contributed by atoms with Gasteiger partial charge in [0.15, 0.2) is 0 Å². The number of alkyl halides is 1. The van der Waals surface area contributed by atoms with E-state index in [1.807, 2.05) is 6.07 Å². The zero-order valence-corrected chi connectivity index (χ0v) is 13.0. The lowest BCUT2D eigenvalue weighted by atomic mass is 10.3. The summed E-state index contributed by atoms with van der Waals surface area (Å²) in [5, 5.41) is 1.08. The van der Waals surface area contributed by atoms with Crippen molar-refractivity contribution in [3.8, 4) is 0 Å². The van der Waals surface area contributed by atoms with Gasteiger partial charge in [0.25, 0.3) is 0 Å². The second kappa shape index (κ2) is 7.10. The van der Waals surface area contributed by atoms with Gasteiger partial charge >= 0.3 is 0 Å². The third kappa shape index (κ3) is 4.52. The minimum absolute atomic E-state index is 0.899. The highest BCUT2D eigenvalue weighted by Crippen LogP contribution is 2.23. The van der Waals surface area contributed by atoms with E-state index >= 15 is 0 Å². The smallest absolute Gasteiger partial charge is 0.0931 e. The molecule has 0 unspecified atom stereocenters. The Kier molecular flexibility index (Phi) is 5.77. The summed E-state index contributed by atoms with van der Waals surface area (Å²) in [6.45, 7) is 7.01. The second-order valence-electron chi connectivity index (χ2n) is 4.37. The third-order valence-electron chi connectivity index (χ3n) is 3.09. The summed E-state index contributed by atoms with van der Waals surface area (Å²) in [6.07, 6.45) is 1.27. The van der Waals surface area contributed by atoms with Crippen molar-refractivity contribution in [1.29, 1.82) is 0 Å². The van der Waals surface area contributed by atoms with Crippen LogP contribution >= 0.6 is 38.9 Å². The van der Waals surface area contributed by atoms with Crippen molar-refractivity contribution in [3.05, 3.63) is 21.3 Å². The van der Waals surface area contributed by atoms with Gasteiger partial charge in [-0.3, -0.25) is 4.90 Å². The largest absolute Gasteiger partial charge is 0.301 e. The van der Waals surface area contributed by atoms with Crippen LogP contribution in [0.3, 0.4) is 0 Å². The van der Waals surface area contributed by atoms with Gasteiger partial charge in [-0.1, -0.05) is 27.5 Å². The molecule has 5 heteroatoms. The van der Waals surface area contributed by atoms with Crippen LogP contribution in [-0.4, -0.2) is 47.9 Å². The fourth-order valence-electron chi connectivity index (χ4n) is 2.18. The van der Waals surface area contributed by atoms with E-state index in [1.54, 1.807) is 11.3 Å². The van der Waals surface area contributed by atoms with Crippen molar-refractivity contribution < 1.29 is 0 Å². The van der Waals surface area contributed by atoms with Gasteiger partial charge in [-0.05, 0) is 31.6 Å². The maximum absolute atomic E-state index is 5.96. The Morgan fingerprint density at radius 3 is 2.65 bits per heavy atom. The third-order valence-corrected chi connectivity index (χ3v) is 4.66. The molecule has 0 spiro atoms. The Bertz CT molecular complexity index is 345. The van der Waals surface area contributed by atoms with Gasteiger partial charge in [0.2, 0.25) is 0 Å². The Morgan fingerprint density at radius 2 is 1.94 bits per heavy atom. The van der Waals surface area contributed by atoms with Crippen LogP contribution in [0.15, 0.2) is 12.1 Å². The number of halogens is 2. The highest BCUT2D eigenvalue weighted by Gasteiger charge is 2.14. The number of hydrogen-bond acceptors (Lipinski definition) is 3. The summed E-state index contributed by atoms with van der Waals surface area (Å²) < 4.78 is 0.899. The van der Waals surface area contributed by atoms with E-state index in [1.165, 1.54) is 44.0 Å². The molecule has 0 aliphatic carbocycles. The van der Waals surface area contributed by atoms with Crippen molar-refractivity contribution in [2.45, 2.75) is 13.0 Å². The van der Waals surface area contributed by atoms with E-state index in [9.17, 15) is 0 Å². The molecule has 96 valence electrons. The topological polar surface area (TPSA) is 6.48 Å². The molecule has 0 atom stereocenters. The van der Waals surface area contributed by atoms with E-state index in [4.69, 9.17) is 11.6 Å². The molecule has 0 saturated carbocycles. The van der Waals surface area contributed by atoms with E-state index in [-0.39, 0.29) is 0 Å². The molecule has 17 heavy (non-hydrogen) atoms. The lowest BCUT2D eigenvalue weighted by Gasteiger charge is -2.20. The van der Waals surface area contributed by atoms with E-state index in [0.29, 0.717) is 0 Å². The molecule has 1 aliphatic rings. The average Bonchev–Trinajstić information content (AvgIpc) is 2.58. The highest BCUT2D eigenvalue weighted by molar-refractivity contribution is 9.09. The lowest BCUT2D eigenvalue weighted by Crippen LogP contribution is -2.31. The van der Waals surface area contributed by atoms with Gasteiger partial charge in [0.05, 0.1) is 4.34 Å². The second-order valence-corrected chi connectivity index (χ2v) is 6.96. The number of hydrogen-bond donors (Lipinski definition) is 0. The first-order valence-electron chi connectivity index (χ1n) is 6.03. The first kappa shape index (κ1) is 13.8. The van der Waals surface area contributed by atoms with Crippen LogP contribution in [0.25, 0.3) is 0 Å². The van der Waals surface area contributed by atoms with E-state index in [2.05, 4.69) is 31.8 Å². The summed E-state index contributed by atoms with van der Waals surface area (Å²) in [5.41, 5.74) is 0. The van der Waals surface area contributed by atoms with Gasteiger partial charge in [-0.15, -0.1) is 11.3 Å². The Labute approximate surface area is 121 Å². The van der Waals surface area contributed by atoms with Crippen LogP contribution in [0.5, 0.6) is 0 Å². The zero-order chi connectivity index (χ0) is 12.1. The molecule has 0 aromatic carbocycles. The van der Waals surface area contributed by atoms with Crippen LogP contribution in [0.2, 0.25) is 4.34 Å². The van der Waals surface area contributed by atoms with Crippen LogP contribution in [0, 0.1) is 0 Å². The summed E-state index contributed by atoms with van der Waals surface area (Å²) in [4.78, 5) is 6.45. The Balaban J connectivity index is 1.82. The monoisotopic (exact) mass is 336 g/mol. The molecule has 0 amide bonds. The first-order chi connectivity index (χ1) is 8.28. The Morgan fingerprint density at radius 1 is 1.18 bits per heavy atom. The number of rotatable bonds is 4. The molecule has 1 fully saturated rings. The molecule has 1 aliphatic heterocycles. The maximum atomic E-state index is 5.96. The summed E-state index contributed by atoms with van der Waals surface area (Å²) in [5.74, 6) is 0. The van der Waals surface area contributed by atoms with Crippen molar-refractivity contribution in [3.63, 3.8) is 0 Å². The lowest BCUT2D eigenvalue weighted by molar-refractivity contribution is 0.260. The highest BCUT2D eigenvalue weighted by atomic mass is 79.9. The minimum Gasteiger partial charge on any atom is -0.301 e. The van der Waals surface area contributed by atoms with Gasteiger partial charge in [0.1, 0.15) is 0 Å². The SMILES string of the molecule is Clc1ccc(CN2CCCN(CCBr)CC2)s1. The van der Waals surface area contributed by atoms with Crippen molar-refractivity contribution in [2.24, 2.45) is 0 Å². The van der Waals surface area contributed by atoms with Crippen LogP contribution in [0.1, 0.15) is 11.3 Å². The van der Waals surface area contributed by atoms with Crippen molar-refractivity contribution >= 4 is 38.9 Å². The van der Waals surface area contributed by atoms with Crippen LogP contribution < -0.4 is 0 Å². The van der Waals surface area contributed by atoms with E-state index in [0.717, 1.165) is 16.2 Å². The standard InChI is InChI=1S/C12H18BrClN2S/c13-4-7-15-5-1-6-16(9-8-15)10-11-2-3-12(14)17-11/h2-3H,1,4-10H2. The quantitative estimate of drug-likeness (QED) is 0.778. The molecule has 2 heterocycles. The first-order valence-corrected chi connectivity index (χ1v) is 8.34. The normalized spacial score (nSPS) is 19.4. The van der Waals surface area contributed by atoms with Gasteiger partial charge in [0, 0.05) is 36.4 Å². The molecule has 0 N–H and O–H groups in total. The zero-order valence-electron chi connectivity index (χ0n) is 9.87. The maximum Gasteiger partial charge on any atom is 0.0931 e. The van der Waals surface area contributed by atoms with Crippen LogP contribution in [-0.2, 0) is 6.54 Å². The fourth-order valence-corrected chi connectivity index (χ4v) is 3.81. The molecule has 2 rings (SSSR count). The minimum atomic E-state index is 0.899. The van der Waals surface area contributed by atoms with Gasteiger partial charge in [-0.25, -0.2) is 0 Å². The average molecular weight is 338 g/mol. The fraction of sp³-hybridized carbons (Fsp3) is 0.667. The van der Waals surface area contributed by atoms with Crippen molar-refractivity contribution in [1.82, 2.24) is 9.80 Å². The van der Waals surface area contributed by atoms with E-state index < -0.39 is 0 Å². The molecule has 2 nitrogen and oxygen atoms in total. The number of thiophene rings is 1. The van der Waals surface area contributed by atoms with Crippen LogP contribution in [0.4, 0.5) is 0 Å². The summed E-state index contributed by atoms with van der Waals surface area (Å²) in [7, 11) is 0. The summed E-state index contributed by atoms with van der Waals surface area (Å²) in [6, 6.07) is 4.14. The number of nitrogens with zero attached hydrogens (tertiary/aromatic N) is 2. The molecular formula is C12H18BrClN2S. The molecule has 0 bridgehead atoms. The molecule has 1 aromatic rings. The van der Waals surface area contributed by atoms with Gasteiger partial charge in [-0.2, -0.15) is 0 Å². The van der Waals surface area contributed by atoms with Crippen molar-refractivity contribution in [2.75, 3.05) is 38.1 Å². The predicted molar refractivity (Wildman–Crippen MR) is 79.5 cm³/mol. The Hall–Kier alpha value is 0.390. The molecule has 0 radical (unpaired) electrons.